The van der Waals surface area contributed by atoms with Gasteiger partial charge in [0.15, 0.2) is 0 Å². The number of hydrazine groups is 1. The summed E-state index contributed by atoms with van der Waals surface area (Å²) < 4.78 is 5.63. The second-order valence-corrected chi connectivity index (χ2v) is 4.23. The fourth-order valence-corrected chi connectivity index (χ4v) is 2.17. The minimum atomic E-state index is -0.0251. The van der Waals surface area contributed by atoms with Crippen LogP contribution in [0.1, 0.15) is 22.4 Å². The van der Waals surface area contributed by atoms with Gasteiger partial charge in [0, 0.05) is 13.5 Å². The second-order valence-electron chi connectivity index (χ2n) is 3.45. The van der Waals surface area contributed by atoms with E-state index in [1.165, 1.54) is 17.9 Å². The molecule has 8 heteroatoms. The van der Waals surface area contributed by atoms with Gasteiger partial charge in [0.25, 0.3) is 0 Å². The Hall–Kier alpha value is -1.38. The Balaban J connectivity index is 2.19. The lowest BCUT2D eigenvalue weighted by Gasteiger charge is -2.13. The van der Waals surface area contributed by atoms with E-state index in [1.54, 1.807) is 4.68 Å². The third kappa shape index (κ3) is 2.08. The van der Waals surface area contributed by atoms with Gasteiger partial charge in [-0.2, -0.15) is 5.10 Å². The van der Waals surface area contributed by atoms with Gasteiger partial charge in [-0.1, -0.05) is 4.49 Å². The average Bonchev–Trinajstić information content (AvgIpc) is 2.85. The molecule has 1 atom stereocenters. The number of aromatic nitrogens is 5. The lowest BCUT2D eigenvalue weighted by molar-refractivity contribution is 0.527. The molecule has 1 unspecified atom stereocenters. The number of hydrogen-bond donors (Lipinski definition) is 2. The predicted octanol–water partition coefficient (Wildman–Crippen LogP) is -0.278. The molecule has 2 heterocycles. The molecule has 0 bridgehead atoms. The van der Waals surface area contributed by atoms with Crippen LogP contribution in [0.5, 0.6) is 0 Å². The topological polar surface area (TPSA) is 94.5 Å². The number of rotatable bonds is 4. The van der Waals surface area contributed by atoms with Gasteiger partial charge in [0.1, 0.15) is 12.2 Å². The molecule has 7 nitrogen and oxygen atoms in total. The molecular weight excluding hydrogens is 226 g/mol. The molecule has 16 heavy (non-hydrogen) atoms. The summed E-state index contributed by atoms with van der Waals surface area (Å²) >= 11 is 1.35. The van der Waals surface area contributed by atoms with Crippen LogP contribution in [0.25, 0.3) is 0 Å². The van der Waals surface area contributed by atoms with Crippen molar-refractivity contribution in [2.75, 3.05) is 0 Å². The Bertz CT molecular complexity index is 462. The zero-order valence-corrected chi connectivity index (χ0v) is 9.90. The summed E-state index contributed by atoms with van der Waals surface area (Å²) in [5, 5.41) is 7.98. The highest BCUT2D eigenvalue weighted by Gasteiger charge is 2.18. The standard InChI is InChI=1S/C8H13N7S/c1-5-8(16-14-13-5)6(12-9)3-7-10-4-11-15(7)2/h4,6,12H,3,9H2,1-2H3. The largest absolute Gasteiger partial charge is 0.271 e. The molecule has 2 aromatic heterocycles. The predicted molar refractivity (Wildman–Crippen MR) is 59.4 cm³/mol. The highest BCUT2D eigenvalue weighted by Crippen LogP contribution is 2.21. The second kappa shape index (κ2) is 4.64. The van der Waals surface area contributed by atoms with Crippen LogP contribution in [0.15, 0.2) is 6.33 Å². The molecular formula is C8H13N7S. The van der Waals surface area contributed by atoms with E-state index in [4.69, 9.17) is 5.84 Å². The summed E-state index contributed by atoms with van der Waals surface area (Å²) in [5.41, 5.74) is 3.66. The molecule has 0 aliphatic rings. The number of hydrogen-bond acceptors (Lipinski definition) is 7. The van der Waals surface area contributed by atoms with Crippen molar-refractivity contribution < 1.29 is 0 Å². The van der Waals surface area contributed by atoms with E-state index in [-0.39, 0.29) is 6.04 Å². The fraction of sp³-hybridized carbons (Fsp3) is 0.500. The molecule has 0 amide bonds. The molecule has 3 N–H and O–H groups in total. The minimum Gasteiger partial charge on any atom is -0.271 e. The van der Waals surface area contributed by atoms with E-state index < -0.39 is 0 Å². The lowest BCUT2D eigenvalue weighted by Crippen LogP contribution is -2.30. The summed E-state index contributed by atoms with van der Waals surface area (Å²) in [7, 11) is 1.85. The van der Waals surface area contributed by atoms with Crippen LogP contribution in [0.2, 0.25) is 0 Å². The van der Waals surface area contributed by atoms with E-state index in [0.29, 0.717) is 6.42 Å². The first-order chi connectivity index (χ1) is 7.72. The summed E-state index contributed by atoms with van der Waals surface area (Å²) in [4.78, 5) is 5.20. The fourth-order valence-electron chi connectivity index (χ4n) is 1.47. The first-order valence-electron chi connectivity index (χ1n) is 4.80. The summed E-state index contributed by atoms with van der Waals surface area (Å²) in [6.07, 6.45) is 2.19. The van der Waals surface area contributed by atoms with Crippen LogP contribution < -0.4 is 11.3 Å². The lowest BCUT2D eigenvalue weighted by atomic mass is 10.1. The Morgan fingerprint density at radius 3 is 2.94 bits per heavy atom. The van der Waals surface area contributed by atoms with Crippen molar-refractivity contribution in [2.24, 2.45) is 12.9 Å². The van der Waals surface area contributed by atoms with Crippen LogP contribution >= 0.6 is 11.5 Å². The summed E-state index contributed by atoms with van der Waals surface area (Å²) in [6, 6.07) is -0.0251. The molecule has 2 aromatic rings. The summed E-state index contributed by atoms with van der Waals surface area (Å²) in [6.45, 7) is 1.92. The Morgan fingerprint density at radius 1 is 1.62 bits per heavy atom. The average molecular weight is 239 g/mol. The van der Waals surface area contributed by atoms with Crippen molar-refractivity contribution in [1.29, 1.82) is 0 Å². The quantitative estimate of drug-likeness (QED) is 0.563. The van der Waals surface area contributed by atoms with Gasteiger partial charge in [-0.25, -0.2) is 4.98 Å². The molecule has 86 valence electrons. The Morgan fingerprint density at radius 2 is 2.44 bits per heavy atom. The van der Waals surface area contributed by atoms with Gasteiger partial charge >= 0.3 is 0 Å². The minimum absolute atomic E-state index is 0.0251. The van der Waals surface area contributed by atoms with Crippen molar-refractivity contribution in [3.63, 3.8) is 0 Å². The van der Waals surface area contributed by atoms with Gasteiger partial charge < -0.3 is 0 Å². The van der Waals surface area contributed by atoms with E-state index in [1.807, 2.05) is 14.0 Å². The molecule has 0 saturated heterocycles. The maximum absolute atomic E-state index is 5.54. The third-order valence-electron chi connectivity index (χ3n) is 2.40. The molecule has 2 rings (SSSR count). The highest BCUT2D eigenvalue weighted by atomic mass is 32.1. The smallest absolute Gasteiger partial charge is 0.138 e. The Labute approximate surface area is 96.8 Å². The molecule has 0 aromatic carbocycles. The van der Waals surface area contributed by atoms with Crippen molar-refractivity contribution in [3.8, 4) is 0 Å². The third-order valence-corrected chi connectivity index (χ3v) is 3.34. The van der Waals surface area contributed by atoms with Crippen LogP contribution in [-0.2, 0) is 13.5 Å². The number of nitrogens with two attached hydrogens (primary N) is 1. The Kier molecular flexibility index (Phi) is 3.22. The van der Waals surface area contributed by atoms with Gasteiger partial charge in [-0.05, 0) is 18.5 Å². The van der Waals surface area contributed by atoms with E-state index in [0.717, 1.165) is 16.4 Å². The van der Waals surface area contributed by atoms with Gasteiger partial charge in [0.05, 0.1) is 16.6 Å². The van der Waals surface area contributed by atoms with Gasteiger partial charge in [-0.3, -0.25) is 16.0 Å². The van der Waals surface area contributed by atoms with E-state index in [9.17, 15) is 0 Å². The van der Waals surface area contributed by atoms with Crippen molar-refractivity contribution in [1.82, 2.24) is 29.8 Å². The number of nitrogens with zero attached hydrogens (tertiary/aromatic N) is 5. The van der Waals surface area contributed by atoms with Crippen LogP contribution in [0, 0.1) is 6.92 Å². The van der Waals surface area contributed by atoms with Crippen LogP contribution in [-0.4, -0.2) is 24.4 Å². The zero-order chi connectivity index (χ0) is 11.5. The number of aryl methyl sites for hydroxylation is 2. The maximum Gasteiger partial charge on any atom is 0.138 e. The van der Waals surface area contributed by atoms with Crippen molar-refractivity contribution in [3.05, 3.63) is 22.7 Å². The SMILES string of the molecule is Cc1nnsc1C(Cc1ncnn1C)NN. The molecule has 0 fully saturated rings. The molecule has 0 aliphatic heterocycles. The monoisotopic (exact) mass is 239 g/mol. The molecule has 0 radical (unpaired) electrons. The van der Waals surface area contributed by atoms with Gasteiger partial charge in [0.2, 0.25) is 0 Å². The zero-order valence-electron chi connectivity index (χ0n) is 9.08. The van der Waals surface area contributed by atoms with Crippen molar-refractivity contribution >= 4 is 11.5 Å². The van der Waals surface area contributed by atoms with Gasteiger partial charge in [-0.15, -0.1) is 5.10 Å². The van der Waals surface area contributed by atoms with Crippen LogP contribution in [0.3, 0.4) is 0 Å². The first kappa shape index (κ1) is 11.1. The maximum atomic E-state index is 5.54. The first-order valence-corrected chi connectivity index (χ1v) is 5.57. The van der Waals surface area contributed by atoms with Crippen LogP contribution in [0.4, 0.5) is 0 Å². The molecule has 0 aliphatic carbocycles. The highest BCUT2D eigenvalue weighted by molar-refractivity contribution is 7.05. The summed E-state index contributed by atoms with van der Waals surface area (Å²) in [5.74, 6) is 6.41. The van der Waals surface area contributed by atoms with Crippen molar-refractivity contribution in [2.45, 2.75) is 19.4 Å². The van der Waals surface area contributed by atoms with E-state index >= 15 is 0 Å². The molecule has 0 saturated carbocycles. The molecule has 0 spiro atoms. The normalized spacial score (nSPS) is 12.9. The number of nitrogens with one attached hydrogen (secondary N) is 1. The van der Waals surface area contributed by atoms with E-state index in [2.05, 4.69) is 25.1 Å².